The quantitative estimate of drug-likeness (QED) is 0.481. The molecule has 0 saturated carbocycles. The van der Waals surface area contributed by atoms with E-state index < -0.39 is 6.10 Å². The minimum absolute atomic E-state index is 0.0372. The first-order chi connectivity index (χ1) is 16.2. The second-order valence-corrected chi connectivity index (χ2v) is 8.86. The summed E-state index contributed by atoms with van der Waals surface area (Å²) in [5.41, 5.74) is 3.84. The van der Waals surface area contributed by atoms with Crippen LogP contribution in [0.2, 0.25) is 0 Å². The van der Waals surface area contributed by atoms with Crippen LogP contribution in [-0.4, -0.2) is 60.3 Å². The van der Waals surface area contributed by atoms with E-state index in [-0.39, 0.29) is 12.1 Å². The van der Waals surface area contributed by atoms with Crippen LogP contribution in [0, 0.1) is 0 Å². The fraction of sp³-hybridized carbons (Fsp3) is 0.379. The van der Waals surface area contributed by atoms with Crippen molar-refractivity contribution in [2.24, 2.45) is 0 Å². The molecule has 1 N–H and O–H groups in total. The second-order valence-electron chi connectivity index (χ2n) is 8.86. The van der Waals surface area contributed by atoms with Gasteiger partial charge in [0.1, 0.15) is 0 Å². The monoisotopic (exact) mass is 444 g/mol. The zero-order valence-corrected chi connectivity index (χ0v) is 19.6. The summed E-state index contributed by atoms with van der Waals surface area (Å²) in [5, 5.41) is 10.6. The van der Waals surface area contributed by atoms with Crippen molar-refractivity contribution in [1.29, 1.82) is 0 Å². The molecule has 4 heteroatoms. The van der Waals surface area contributed by atoms with Crippen LogP contribution in [0.25, 0.3) is 0 Å². The molecule has 1 heterocycles. The molecule has 3 aromatic rings. The number of β-amino-alcohol motifs (C(OH)–C–C–N with tert-alkyl or cyclic N) is 1. The number of ether oxygens (including phenoxy) is 1. The van der Waals surface area contributed by atoms with Crippen molar-refractivity contribution in [3.63, 3.8) is 0 Å². The molecular weight excluding hydrogens is 408 g/mol. The number of aliphatic hydroxyl groups is 1. The lowest BCUT2D eigenvalue weighted by molar-refractivity contribution is -0.0291. The predicted octanol–water partition coefficient (Wildman–Crippen LogP) is 4.92. The van der Waals surface area contributed by atoms with Gasteiger partial charge in [0, 0.05) is 32.7 Å². The van der Waals surface area contributed by atoms with Gasteiger partial charge in [0.15, 0.2) is 0 Å². The van der Waals surface area contributed by atoms with Crippen LogP contribution in [0.15, 0.2) is 91.0 Å². The van der Waals surface area contributed by atoms with E-state index in [1.165, 1.54) is 16.7 Å². The van der Waals surface area contributed by atoms with Gasteiger partial charge < -0.3 is 9.84 Å². The van der Waals surface area contributed by atoms with E-state index >= 15 is 0 Å². The molecule has 1 aliphatic rings. The van der Waals surface area contributed by atoms with Gasteiger partial charge in [-0.3, -0.25) is 9.80 Å². The first-order valence-corrected chi connectivity index (χ1v) is 12.2. The smallest absolute Gasteiger partial charge is 0.0900 e. The molecule has 1 saturated heterocycles. The molecule has 174 valence electrons. The van der Waals surface area contributed by atoms with Gasteiger partial charge in [0.25, 0.3) is 0 Å². The summed E-state index contributed by atoms with van der Waals surface area (Å²) in [5.74, 6) is 0. The lowest BCUT2D eigenvalue weighted by atomic mass is 9.96. The topological polar surface area (TPSA) is 35.9 Å². The van der Waals surface area contributed by atoms with E-state index in [9.17, 15) is 5.11 Å². The maximum absolute atomic E-state index is 10.6. The lowest BCUT2D eigenvalue weighted by Crippen LogP contribution is -2.50. The van der Waals surface area contributed by atoms with Gasteiger partial charge in [-0.25, -0.2) is 0 Å². The van der Waals surface area contributed by atoms with Crippen LogP contribution >= 0.6 is 0 Å². The first-order valence-electron chi connectivity index (χ1n) is 12.2. The maximum atomic E-state index is 10.6. The number of hydrogen-bond donors (Lipinski definition) is 1. The number of benzene rings is 3. The van der Waals surface area contributed by atoms with Gasteiger partial charge in [-0.15, -0.1) is 0 Å². The molecule has 1 aliphatic heterocycles. The molecule has 3 aromatic carbocycles. The SMILES string of the molecule is CCC(OCC(O)CN1CCN(C(c2ccccc2)c2ccccc2)CC1)c1ccccc1. The van der Waals surface area contributed by atoms with E-state index in [0.717, 1.165) is 32.6 Å². The van der Waals surface area contributed by atoms with Crippen molar-refractivity contribution >= 4 is 0 Å². The van der Waals surface area contributed by atoms with E-state index in [4.69, 9.17) is 4.74 Å². The summed E-state index contributed by atoms with van der Waals surface area (Å²) >= 11 is 0. The molecule has 1 fully saturated rings. The van der Waals surface area contributed by atoms with Gasteiger partial charge in [0.2, 0.25) is 0 Å². The van der Waals surface area contributed by atoms with Crippen LogP contribution in [0.5, 0.6) is 0 Å². The van der Waals surface area contributed by atoms with Crippen LogP contribution < -0.4 is 0 Å². The molecule has 0 aliphatic carbocycles. The Bertz CT molecular complexity index is 888. The molecule has 0 aromatic heterocycles. The van der Waals surface area contributed by atoms with Gasteiger partial charge in [-0.1, -0.05) is 97.9 Å². The molecule has 0 bridgehead atoms. The highest BCUT2D eigenvalue weighted by Gasteiger charge is 2.27. The second kappa shape index (κ2) is 12.1. The standard InChI is InChI=1S/C29H36N2O2/c1-2-28(24-12-6-3-7-13-24)33-23-27(32)22-30-18-20-31(21-19-30)29(25-14-8-4-9-15-25)26-16-10-5-11-17-26/h3-17,27-29,32H,2,18-23H2,1H3. The van der Waals surface area contributed by atoms with Gasteiger partial charge in [0.05, 0.1) is 24.9 Å². The Morgan fingerprint density at radius 3 is 1.70 bits per heavy atom. The van der Waals surface area contributed by atoms with Gasteiger partial charge in [-0.2, -0.15) is 0 Å². The molecule has 0 radical (unpaired) electrons. The third kappa shape index (κ3) is 6.52. The fourth-order valence-corrected chi connectivity index (χ4v) is 4.78. The molecule has 2 unspecified atom stereocenters. The Hall–Kier alpha value is -2.50. The molecule has 4 rings (SSSR count). The average molecular weight is 445 g/mol. The van der Waals surface area contributed by atoms with Crippen molar-refractivity contribution in [3.05, 3.63) is 108 Å². The third-order valence-electron chi connectivity index (χ3n) is 6.50. The van der Waals surface area contributed by atoms with Crippen LogP contribution in [-0.2, 0) is 4.74 Å². The summed E-state index contributed by atoms with van der Waals surface area (Å²) in [7, 11) is 0. The Morgan fingerprint density at radius 1 is 0.727 bits per heavy atom. The lowest BCUT2D eigenvalue weighted by Gasteiger charge is -2.40. The van der Waals surface area contributed by atoms with Crippen molar-refractivity contribution in [2.45, 2.75) is 31.6 Å². The Labute approximate surface area is 198 Å². The Balaban J connectivity index is 1.30. The largest absolute Gasteiger partial charge is 0.389 e. The highest BCUT2D eigenvalue weighted by atomic mass is 16.5. The molecular formula is C29H36N2O2. The predicted molar refractivity (Wildman–Crippen MR) is 134 cm³/mol. The van der Waals surface area contributed by atoms with Crippen molar-refractivity contribution < 1.29 is 9.84 Å². The summed E-state index contributed by atoms with van der Waals surface area (Å²) in [6.45, 7) is 6.99. The highest BCUT2D eigenvalue weighted by molar-refractivity contribution is 5.32. The average Bonchev–Trinajstić information content (AvgIpc) is 2.88. The summed E-state index contributed by atoms with van der Waals surface area (Å²) in [6.07, 6.45) is 0.457. The van der Waals surface area contributed by atoms with E-state index in [2.05, 4.69) is 89.5 Å². The van der Waals surface area contributed by atoms with Crippen LogP contribution in [0.4, 0.5) is 0 Å². The van der Waals surface area contributed by atoms with Gasteiger partial charge in [-0.05, 0) is 23.1 Å². The van der Waals surface area contributed by atoms with Crippen molar-refractivity contribution in [3.8, 4) is 0 Å². The van der Waals surface area contributed by atoms with Crippen molar-refractivity contribution in [1.82, 2.24) is 9.80 Å². The zero-order valence-electron chi connectivity index (χ0n) is 19.6. The third-order valence-corrected chi connectivity index (χ3v) is 6.50. The van der Waals surface area contributed by atoms with E-state index in [1.54, 1.807) is 0 Å². The maximum Gasteiger partial charge on any atom is 0.0900 e. The highest BCUT2D eigenvalue weighted by Crippen LogP contribution is 2.29. The summed E-state index contributed by atoms with van der Waals surface area (Å²) in [6, 6.07) is 32.1. The van der Waals surface area contributed by atoms with E-state index in [1.807, 2.05) is 18.2 Å². The number of hydrogen-bond acceptors (Lipinski definition) is 4. The number of aliphatic hydroxyl groups excluding tert-OH is 1. The first kappa shape index (κ1) is 23.7. The molecule has 0 spiro atoms. The van der Waals surface area contributed by atoms with Crippen molar-refractivity contribution in [2.75, 3.05) is 39.3 Å². The Morgan fingerprint density at radius 2 is 1.21 bits per heavy atom. The number of nitrogens with zero attached hydrogens (tertiary/aromatic N) is 2. The molecule has 4 nitrogen and oxygen atoms in total. The Kier molecular flexibility index (Phi) is 8.67. The van der Waals surface area contributed by atoms with Crippen LogP contribution in [0.3, 0.4) is 0 Å². The molecule has 33 heavy (non-hydrogen) atoms. The zero-order chi connectivity index (χ0) is 22.9. The number of piperazine rings is 1. The van der Waals surface area contributed by atoms with E-state index in [0.29, 0.717) is 13.2 Å². The summed E-state index contributed by atoms with van der Waals surface area (Å²) in [4.78, 5) is 4.92. The van der Waals surface area contributed by atoms with Gasteiger partial charge >= 0.3 is 0 Å². The molecule has 0 amide bonds. The minimum atomic E-state index is -0.478. The van der Waals surface area contributed by atoms with Crippen LogP contribution in [0.1, 0.15) is 42.2 Å². The minimum Gasteiger partial charge on any atom is -0.389 e. The normalized spacial score (nSPS) is 17.2. The number of rotatable bonds is 10. The molecule has 2 atom stereocenters. The fourth-order valence-electron chi connectivity index (χ4n) is 4.78. The summed E-state index contributed by atoms with van der Waals surface area (Å²) < 4.78 is 6.07.